The Morgan fingerprint density at radius 2 is 2.40 bits per heavy atom. The predicted octanol–water partition coefficient (Wildman–Crippen LogP) is 2.97. The summed E-state index contributed by atoms with van der Waals surface area (Å²) in [7, 11) is 0. The summed E-state index contributed by atoms with van der Waals surface area (Å²) in [6.07, 6.45) is 3.92. The van der Waals surface area contributed by atoms with E-state index in [4.69, 9.17) is 21.4 Å². The van der Waals surface area contributed by atoms with E-state index in [1.807, 2.05) is 19.1 Å². The van der Waals surface area contributed by atoms with Crippen molar-refractivity contribution in [3.05, 3.63) is 28.6 Å². The van der Waals surface area contributed by atoms with E-state index in [2.05, 4.69) is 0 Å². The van der Waals surface area contributed by atoms with Crippen molar-refractivity contribution in [3.8, 4) is 0 Å². The number of rotatable bonds is 3. The van der Waals surface area contributed by atoms with Crippen molar-refractivity contribution in [1.82, 2.24) is 4.90 Å². The standard InChI is InChI=1S/C14H15NO3S2/c1-9-4-5-10(18-9)7-12-13(16)15(14(19)20-12)8-11-3-2-6-17-11/h4-5,7,11H,2-3,6,8H2,1H3/b12-7+/t11-/m0/s1. The summed E-state index contributed by atoms with van der Waals surface area (Å²) in [5.41, 5.74) is 0. The quantitative estimate of drug-likeness (QED) is 0.634. The second kappa shape index (κ2) is 5.71. The average Bonchev–Trinajstić information content (AvgIpc) is 3.10. The van der Waals surface area contributed by atoms with Crippen molar-refractivity contribution in [2.45, 2.75) is 25.9 Å². The molecule has 1 aromatic heterocycles. The molecule has 0 spiro atoms. The van der Waals surface area contributed by atoms with Crippen molar-refractivity contribution in [2.75, 3.05) is 13.2 Å². The molecule has 6 heteroatoms. The molecule has 1 amide bonds. The topological polar surface area (TPSA) is 42.7 Å². The zero-order valence-corrected chi connectivity index (χ0v) is 12.8. The smallest absolute Gasteiger partial charge is 0.266 e. The molecule has 2 fully saturated rings. The van der Waals surface area contributed by atoms with Gasteiger partial charge in [-0.05, 0) is 31.9 Å². The number of aryl methyl sites for hydroxylation is 1. The van der Waals surface area contributed by atoms with Gasteiger partial charge in [-0.1, -0.05) is 24.0 Å². The van der Waals surface area contributed by atoms with Crippen molar-refractivity contribution in [1.29, 1.82) is 0 Å². The third-order valence-corrected chi connectivity index (χ3v) is 4.70. The summed E-state index contributed by atoms with van der Waals surface area (Å²) < 4.78 is 11.6. The van der Waals surface area contributed by atoms with Crippen LogP contribution in [0.25, 0.3) is 6.08 Å². The zero-order chi connectivity index (χ0) is 14.1. The van der Waals surface area contributed by atoms with Gasteiger partial charge in [-0.15, -0.1) is 0 Å². The Bertz CT molecular complexity index is 573. The lowest BCUT2D eigenvalue weighted by molar-refractivity contribution is -0.123. The van der Waals surface area contributed by atoms with Gasteiger partial charge in [0.1, 0.15) is 15.8 Å². The van der Waals surface area contributed by atoms with Crippen molar-refractivity contribution < 1.29 is 13.9 Å². The number of nitrogens with zero attached hydrogens (tertiary/aromatic N) is 1. The number of furan rings is 1. The minimum absolute atomic E-state index is 0.0513. The third kappa shape index (κ3) is 2.82. The van der Waals surface area contributed by atoms with Crippen LogP contribution in [0.3, 0.4) is 0 Å². The first kappa shape index (κ1) is 13.9. The van der Waals surface area contributed by atoms with Gasteiger partial charge >= 0.3 is 0 Å². The molecule has 106 valence electrons. The maximum absolute atomic E-state index is 12.4. The molecule has 1 aromatic rings. The molecular formula is C14H15NO3S2. The number of carbonyl (C=O) groups is 1. The first-order valence-corrected chi connectivity index (χ1v) is 7.79. The molecule has 2 aliphatic heterocycles. The van der Waals surface area contributed by atoms with Crippen LogP contribution in [0.1, 0.15) is 24.4 Å². The zero-order valence-electron chi connectivity index (χ0n) is 11.1. The van der Waals surface area contributed by atoms with E-state index in [1.165, 1.54) is 11.8 Å². The number of thioether (sulfide) groups is 1. The average molecular weight is 309 g/mol. The number of hydrogen-bond donors (Lipinski definition) is 0. The van der Waals surface area contributed by atoms with Crippen LogP contribution in [-0.4, -0.2) is 34.4 Å². The minimum Gasteiger partial charge on any atom is -0.462 e. The molecule has 2 saturated heterocycles. The second-order valence-electron chi connectivity index (χ2n) is 4.88. The van der Waals surface area contributed by atoms with Crippen LogP contribution in [0, 0.1) is 6.92 Å². The number of ether oxygens (including phenoxy) is 1. The normalized spacial score (nSPS) is 25.1. The van der Waals surface area contributed by atoms with Gasteiger partial charge in [-0.3, -0.25) is 9.69 Å². The lowest BCUT2D eigenvalue weighted by Gasteiger charge is -2.18. The highest BCUT2D eigenvalue weighted by atomic mass is 32.2. The van der Waals surface area contributed by atoms with E-state index in [0.29, 0.717) is 21.5 Å². The predicted molar refractivity (Wildman–Crippen MR) is 82.3 cm³/mol. The van der Waals surface area contributed by atoms with E-state index < -0.39 is 0 Å². The number of hydrogen-bond acceptors (Lipinski definition) is 5. The highest BCUT2D eigenvalue weighted by Crippen LogP contribution is 2.33. The summed E-state index contributed by atoms with van der Waals surface area (Å²) in [6.45, 7) is 3.21. The lowest BCUT2D eigenvalue weighted by Crippen LogP contribution is -2.35. The van der Waals surface area contributed by atoms with Gasteiger partial charge in [0, 0.05) is 12.7 Å². The fourth-order valence-corrected chi connectivity index (χ4v) is 3.56. The van der Waals surface area contributed by atoms with Gasteiger partial charge in [0.2, 0.25) is 0 Å². The molecular weight excluding hydrogens is 294 g/mol. The maximum atomic E-state index is 12.4. The Kier molecular flexibility index (Phi) is 3.96. The van der Waals surface area contributed by atoms with Crippen LogP contribution in [0.4, 0.5) is 0 Å². The molecule has 0 saturated carbocycles. The van der Waals surface area contributed by atoms with Crippen LogP contribution in [0.5, 0.6) is 0 Å². The van der Waals surface area contributed by atoms with Crippen molar-refractivity contribution in [3.63, 3.8) is 0 Å². The SMILES string of the molecule is Cc1ccc(/C=C2/SC(=S)N(C[C@@H]3CCCO3)C2=O)o1. The fourth-order valence-electron chi connectivity index (χ4n) is 2.31. The van der Waals surface area contributed by atoms with Crippen LogP contribution < -0.4 is 0 Å². The molecule has 0 radical (unpaired) electrons. The first-order chi connectivity index (χ1) is 9.63. The van der Waals surface area contributed by atoms with Gasteiger partial charge in [-0.25, -0.2) is 0 Å². The molecule has 0 bridgehead atoms. The van der Waals surface area contributed by atoms with Crippen molar-refractivity contribution >= 4 is 40.3 Å². The fraction of sp³-hybridized carbons (Fsp3) is 0.429. The number of amides is 1. The largest absolute Gasteiger partial charge is 0.462 e. The highest BCUT2D eigenvalue weighted by molar-refractivity contribution is 8.26. The Balaban J connectivity index is 1.74. The monoisotopic (exact) mass is 309 g/mol. The van der Waals surface area contributed by atoms with Gasteiger partial charge in [0.05, 0.1) is 17.6 Å². The molecule has 0 aromatic carbocycles. The van der Waals surface area contributed by atoms with Gasteiger partial charge in [0.25, 0.3) is 5.91 Å². The van der Waals surface area contributed by atoms with Gasteiger partial charge in [-0.2, -0.15) is 0 Å². The summed E-state index contributed by atoms with van der Waals surface area (Å²) in [5.74, 6) is 1.45. The second-order valence-corrected chi connectivity index (χ2v) is 6.55. The minimum atomic E-state index is -0.0513. The maximum Gasteiger partial charge on any atom is 0.266 e. The summed E-state index contributed by atoms with van der Waals surface area (Å²) in [6, 6.07) is 3.72. The first-order valence-electron chi connectivity index (χ1n) is 6.57. The molecule has 0 aliphatic carbocycles. The Labute approximate surface area is 127 Å². The Hall–Kier alpha value is -1.11. The molecule has 3 rings (SSSR count). The van der Waals surface area contributed by atoms with Gasteiger partial charge < -0.3 is 9.15 Å². The molecule has 0 unspecified atom stereocenters. The Morgan fingerprint density at radius 3 is 3.05 bits per heavy atom. The van der Waals surface area contributed by atoms with Crippen LogP contribution in [-0.2, 0) is 9.53 Å². The van der Waals surface area contributed by atoms with Gasteiger partial charge in [0.15, 0.2) is 0 Å². The van der Waals surface area contributed by atoms with Crippen molar-refractivity contribution in [2.24, 2.45) is 0 Å². The lowest BCUT2D eigenvalue weighted by atomic mass is 10.2. The molecule has 20 heavy (non-hydrogen) atoms. The summed E-state index contributed by atoms with van der Waals surface area (Å²) in [4.78, 5) is 14.6. The highest BCUT2D eigenvalue weighted by Gasteiger charge is 2.34. The molecule has 0 N–H and O–H groups in total. The van der Waals surface area contributed by atoms with E-state index in [1.54, 1.807) is 11.0 Å². The van der Waals surface area contributed by atoms with E-state index in [9.17, 15) is 4.79 Å². The molecule has 2 aliphatic rings. The Morgan fingerprint density at radius 1 is 1.55 bits per heavy atom. The van der Waals surface area contributed by atoms with Crippen LogP contribution in [0.2, 0.25) is 0 Å². The van der Waals surface area contributed by atoms with E-state index in [-0.39, 0.29) is 12.0 Å². The number of carbonyl (C=O) groups excluding carboxylic acids is 1. The third-order valence-electron chi connectivity index (χ3n) is 3.32. The molecule has 4 nitrogen and oxygen atoms in total. The summed E-state index contributed by atoms with van der Waals surface area (Å²) in [5, 5.41) is 0. The van der Waals surface area contributed by atoms with Crippen LogP contribution >= 0.6 is 24.0 Å². The van der Waals surface area contributed by atoms with Crippen LogP contribution in [0.15, 0.2) is 21.5 Å². The van der Waals surface area contributed by atoms with E-state index in [0.717, 1.165) is 25.2 Å². The molecule has 3 heterocycles. The molecule has 1 atom stereocenters. The summed E-state index contributed by atoms with van der Waals surface area (Å²) >= 11 is 6.61. The number of thiocarbonyl (C=S) groups is 1. The van der Waals surface area contributed by atoms with E-state index >= 15 is 0 Å².